The van der Waals surface area contributed by atoms with E-state index in [0.29, 0.717) is 11.8 Å². The maximum absolute atomic E-state index is 10.4. The number of rotatable bonds is 2. The molecular weight excluding hydrogens is 176 g/mol. The van der Waals surface area contributed by atoms with Crippen molar-refractivity contribution in [2.24, 2.45) is 22.7 Å². The van der Waals surface area contributed by atoms with Gasteiger partial charge < -0.3 is 5.11 Å². The summed E-state index contributed by atoms with van der Waals surface area (Å²) in [5.74, 6) is 0.157. The molecule has 0 aromatic rings. The third-order valence-electron chi connectivity index (χ3n) is 3.29. The van der Waals surface area contributed by atoms with Crippen LogP contribution in [0.3, 0.4) is 0 Å². The molecule has 1 rings (SSSR count). The second-order valence-electron chi connectivity index (χ2n) is 5.89. The van der Waals surface area contributed by atoms with Crippen LogP contribution in [0.25, 0.3) is 0 Å². The molecule has 2 atom stereocenters. The Morgan fingerprint density at radius 2 is 1.86 bits per heavy atom. The molecule has 80 valence electrons. The predicted octanol–water partition coefficient (Wildman–Crippen LogP) is 2.95. The Labute approximate surface area is 86.0 Å². The van der Waals surface area contributed by atoms with Gasteiger partial charge in [-0.2, -0.15) is 0 Å². The van der Waals surface area contributed by atoms with Gasteiger partial charge >= 0.3 is 5.97 Å². The molecule has 2 heteroatoms. The second kappa shape index (κ2) is 3.11. The topological polar surface area (TPSA) is 37.3 Å². The zero-order chi connectivity index (χ0) is 11.1. The summed E-state index contributed by atoms with van der Waals surface area (Å²) in [6.45, 7) is 11.1. The van der Waals surface area contributed by atoms with Crippen LogP contribution in [0.5, 0.6) is 0 Å². The Morgan fingerprint density at radius 1 is 1.36 bits per heavy atom. The van der Waals surface area contributed by atoms with Crippen molar-refractivity contribution in [3.05, 3.63) is 12.2 Å². The van der Waals surface area contributed by atoms with Crippen LogP contribution in [-0.4, -0.2) is 11.1 Å². The molecule has 1 aliphatic rings. The van der Waals surface area contributed by atoms with E-state index in [4.69, 9.17) is 5.11 Å². The van der Waals surface area contributed by atoms with Crippen molar-refractivity contribution >= 4 is 5.97 Å². The van der Waals surface area contributed by atoms with E-state index in [1.807, 2.05) is 6.08 Å². The van der Waals surface area contributed by atoms with Crippen LogP contribution in [0.2, 0.25) is 0 Å². The van der Waals surface area contributed by atoms with Gasteiger partial charge in [-0.15, -0.1) is 0 Å². The van der Waals surface area contributed by atoms with Gasteiger partial charge in [0.05, 0.1) is 0 Å². The molecule has 0 radical (unpaired) electrons. The van der Waals surface area contributed by atoms with Crippen molar-refractivity contribution in [1.82, 2.24) is 0 Å². The van der Waals surface area contributed by atoms with Crippen LogP contribution in [-0.2, 0) is 4.79 Å². The number of carboxylic acids is 1. The molecule has 0 unspecified atom stereocenters. The third kappa shape index (κ3) is 1.99. The first kappa shape index (κ1) is 11.3. The van der Waals surface area contributed by atoms with Gasteiger partial charge in [-0.1, -0.05) is 40.7 Å². The van der Waals surface area contributed by atoms with Crippen molar-refractivity contribution in [1.29, 1.82) is 0 Å². The summed E-state index contributed by atoms with van der Waals surface area (Å²) < 4.78 is 0. The summed E-state index contributed by atoms with van der Waals surface area (Å²) in [5, 5.41) is 8.56. The molecule has 0 amide bonds. The largest absolute Gasteiger partial charge is 0.478 e. The molecule has 1 saturated carbocycles. The van der Waals surface area contributed by atoms with Gasteiger partial charge in [0.25, 0.3) is 0 Å². The fraction of sp³-hybridized carbons (Fsp3) is 0.750. The molecule has 0 aromatic heterocycles. The minimum Gasteiger partial charge on any atom is -0.478 e. The highest BCUT2D eigenvalue weighted by Crippen LogP contribution is 2.66. The Kier molecular flexibility index (Phi) is 2.51. The smallest absolute Gasteiger partial charge is 0.327 e. The van der Waals surface area contributed by atoms with Gasteiger partial charge in [-0.05, 0) is 22.7 Å². The van der Waals surface area contributed by atoms with E-state index >= 15 is 0 Å². The monoisotopic (exact) mass is 196 g/mol. The first-order chi connectivity index (χ1) is 6.17. The summed E-state index contributed by atoms with van der Waals surface area (Å²) in [4.78, 5) is 10.4. The predicted molar refractivity (Wildman–Crippen MR) is 57.0 cm³/mol. The molecule has 0 bridgehead atoms. The average Bonchev–Trinajstić information content (AvgIpc) is 2.47. The lowest BCUT2D eigenvalue weighted by Gasteiger charge is -2.19. The fourth-order valence-electron chi connectivity index (χ4n) is 2.88. The summed E-state index contributed by atoms with van der Waals surface area (Å²) in [5.41, 5.74) is 0.515. The highest BCUT2D eigenvalue weighted by Gasteiger charge is 2.60. The summed E-state index contributed by atoms with van der Waals surface area (Å²) in [6.07, 6.45) is 3.12. The number of carbonyl (C=O) groups is 1. The van der Waals surface area contributed by atoms with E-state index in [9.17, 15) is 4.79 Å². The van der Waals surface area contributed by atoms with E-state index in [1.165, 1.54) is 6.08 Å². The standard InChI is InChI=1S/C12H20O2/c1-11(2,3)10-8(12(10,4)5)6-7-9(13)14/h6-8,10H,1-5H3,(H,13,14)/b7-6-/t8-,10-/m1/s1. The maximum Gasteiger partial charge on any atom is 0.327 e. The maximum atomic E-state index is 10.4. The van der Waals surface area contributed by atoms with Gasteiger partial charge in [0, 0.05) is 6.08 Å². The molecule has 0 saturated heterocycles. The van der Waals surface area contributed by atoms with Crippen molar-refractivity contribution < 1.29 is 9.90 Å². The summed E-state index contributed by atoms with van der Waals surface area (Å²) in [7, 11) is 0. The quantitative estimate of drug-likeness (QED) is 0.689. The van der Waals surface area contributed by atoms with Crippen molar-refractivity contribution in [2.45, 2.75) is 34.6 Å². The summed E-state index contributed by atoms with van der Waals surface area (Å²) in [6, 6.07) is 0. The lowest BCUT2D eigenvalue weighted by atomic mass is 9.85. The van der Waals surface area contributed by atoms with Crippen molar-refractivity contribution in [3.8, 4) is 0 Å². The van der Waals surface area contributed by atoms with E-state index in [1.54, 1.807) is 0 Å². The minimum absolute atomic E-state index is 0.254. The normalized spacial score (nSPS) is 30.6. The molecule has 1 N–H and O–H groups in total. The zero-order valence-corrected chi connectivity index (χ0v) is 9.66. The molecule has 1 aliphatic carbocycles. The average molecular weight is 196 g/mol. The minimum atomic E-state index is -0.847. The zero-order valence-electron chi connectivity index (χ0n) is 9.66. The lowest BCUT2D eigenvalue weighted by molar-refractivity contribution is -0.131. The van der Waals surface area contributed by atoms with Crippen LogP contribution in [0, 0.1) is 22.7 Å². The van der Waals surface area contributed by atoms with Gasteiger partial charge in [0.1, 0.15) is 0 Å². The number of allylic oxidation sites excluding steroid dienone is 1. The van der Waals surface area contributed by atoms with Gasteiger partial charge in [0.15, 0.2) is 0 Å². The van der Waals surface area contributed by atoms with Crippen LogP contribution in [0.1, 0.15) is 34.6 Å². The first-order valence-electron chi connectivity index (χ1n) is 5.08. The van der Waals surface area contributed by atoms with Crippen LogP contribution in [0.4, 0.5) is 0 Å². The molecule has 0 heterocycles. The molecular formula is C12H20O2. The van der Waals surface area contributed by atoms with Crippen LogP contribution in [0.15, 0.2) is 12.2 Å². The van der Waals surface area contributed by atoms with Gasteiger partial charge in [0.2, 0.25) is 0 Å². The Hall–Kier alpha value is -0.790. The molecule has 0 spiro atoms. The number of hydrogen-bond donors (Lipinski definition) is 1. The SMILES string of the molecule is CC(C)(C)[C@H]1[C@@H](/C=C\C(=O)O)C1(C)C. The van der Waals surface area contributed by atoms with E-state index in [0.717, 1.165) is 0 Å². The van der Waals surface area contributed by atoms with E-state index in [2.05, 4.69) is 34.6 Å². The molecule has 0 aromatic carbocycles. The summed E-state index contributed by atoms with van der Waals surface area (Å²) >= 11 is 0. The molecule has 14 heavy (non-hydrogen) atoms. The first-order valence-corrected chi connectivity index (χ1v) is 5.08. The Morgan fingerprint density at radius 3 is 2.14 bits per heavy atom. The Bertz CT molecular complexity index is 269. The van der Waals surface area contributed by atoms with E-state index in [-0.39, 0.29) is 10.8 Å². The number of carboxylic acid groups (broad SMARTS) is 1. The highest BCUT2D eigenvalue weighted by atomic mass is 16.4. The number of aliphatic carboxylic acids is 1. The molecule has 0 aliphatic heterocycles. The third-order valence-corrected chi connectivity index (χ3v) is 3.29. The van der Waals surface area contributed by atoms with Gasteiger partial charge in [-0.25, -0.2) is 4.79 Å². The van der Waals surface area contributed by atoms with Crippen molar-refractivity contribution in [2.75, 3.05) is 0 Å². The second-order valence-corrected chi connectivity index (χ2v) is 5.89. The van der Waals surface area contributed by atoms with Gasteiger partial charge in [-0.3, -0.25) is 0 Å². The lowest BCUT2D eigenvalue weighted by Crippen LogP contribution is -2.12. The van der Waals surface area contributed by atoms with Crippen LogP contribution < -0.4 is 0 Å². The Balaban J connectivity index is 2.72. The molecule has 2 nitrogen and oxygen atoms in total. The highest BCUT2D eigenvalue weighted by molar-refractivity contribution is 5.79. The number of hydrogen-bond acceptors (Lipinski definition) is 1. The molecule has 1 fully saturated rings. The van der Waals surface area contributed by atoms with Crippen LogP contribution >= 0.6 is 0 Å². The van der Waals surface area contributed by atoms with E-state index < -0.39 is 5.97 Å². The van der Waals surface area contributed by atoms with Crippen molar-refractivity contribution in [3.63, 3.8) is 0 Å². The fourth-order valence-corrected chi connectivity index (χ4v) is 2.88.